The first-order valence-electron chi connectivity index (χ1n) is 8.24. The van der Waals surface area contributed by atoms with Crippen molar-refractivity contribution in [1.29, 1.82) is 0 Å². The Balaban J connectivity index is 1.58. The maximum absolute atomic E-state index is 12.5. The fourth-order valence-corrected chi connectivity index (χ4v) is 3.82. The zero-order chi connectivity index (χ0) is 19.4. The van der Waals surface area contributed by atoms with Gasteiger partial charge in [0.2, 0.25) is 5.91 Å². The summed E-state index contributed by atoms with van der Waals surface area (Å²) in [5, 5.41) is 3.75. The molecule has 0 atom stereocenters. The van der Waals surface area contributed by atoms with Gasteiger partial charge in [-0.3, -0.25) is 14.2 Å². The van der Waals surface area contributed by atoms with Crippen LogP contribution in [0.2, 0.25) is 10.0 Å². The average molecular weight is 422 g/mol. The predicted octanol–water partition coefficient (Wildman–Crippen LogP) is 3.92. The number of thioether (sulfide) groups is 1. The summed E-state index contributed by atoms with van der Waals surface area (Å²) in [6.07, 6.45) is 1.32. The fourth-order valence-electron chi connectivity index (χ4n) is 2.51. The maximum atomic E-state index is 12.5. The molecule has 0 aliphatic rings. The number of amides is 1. The standard InChI is InChI=1S/C19H17Cl2N3O2S/c1-12-2-4-14(5-3-12)27-7-6-22-17(25)10-24-11-23-18-15(19(24)26)8-13(20)9-16(18)21/h2-5,8-9,11H,6-7,10H2,1H3,(H,22,25). The number of rotatable bonds is 6. The van der Waals surface area contributed by atoms with Gasteiger partial charge in [0.15, 0.2) is 0 Å². The Bertz CT molecular complexity index is 1040. The molecule has 3 rings (SSSR count). The molecule has 1 aromatic heterocycles. The highest BCUT2D eigenvalue weighted by atomic mass is 35.5. The van der Waals surface area contributed by atoms with Gasteiger partial charge in [0.25, 0.3) is 5.56 Å². The smallest absolute Gasteiger partial charge is 0.261 e. The van der Waals surface area contributed by atoms with E-state index in [0.29, 0.717) is 22.1 Å². The van der Waals surface area contributed by atoms with E-state index >= 15 is 0 Å². The van der Waals surface area contributed by atoms with Crippen LogP contribution in [0.4, 0.5) is 0 Å². The van der Waals surface area contributed by atoms with Gasteiger partial charge in [-0.25, -0.2) is 4.98 Å². The molecule has 0 aliphatic heterocycles. The minimum Gasteiger partial charge on any atom is -0.354 e. The van der Waals surface area contributed by atoms with Crippen LogP contribution >= 0.6 is 35.0 Å². The molecule has 8 heteroatoms. The van der Waals surface area contributed by atoms with Crippen molar-refractivity contribution in [2.75, 3.05) is 12.3 Å². The highest BCUT2D eigenvalue weighted by molar-refractivity contribution is 7.99. The van der Waals surface area contributed by atoms with E-state index in [0.717, 1.165) is 10.6 Å². The Morgan fingerprint density at radius 2 is 1.96 bits per heavy atom. The summed E-state index contributed by atoms with van der Waals surface area (Å²) in [6, 6.07) is 11.2. The van der Waals surface area contributed by atoms with E-state index in [1.807, 2.05) is 6.92 Å². The molecular formula is C19H17Cl2N3O2S. The van der Waals surface area contributed by atoms with Gasteiger partial charge in [-0.15, -0.1) is 11.8 Å². The number of hydrogen-bond acceptors (Lipinski definition) is 4. The second-order valence-electron chi connectivity index (χ2n) is 5.97. The van der Waals surface area contributed by atoms with Crippen molar-refractivity contribution >= 4 is 51.8 Å². The van der Waals surface area contributed by atoms with Gasteiger partial charge in [0, 0.05) is 22.2 Å². The summed E-state index contributed by atoms with van der Waals surface area (Å²) in [5.41, 5.74) is 1.23. The summed E-state index contributed by atoms with van der Waals surface area (Å²) in [6.45, 7) is 2.44. The zero-order valence-corrected chi connectivity index (χ0v) is 16.9. The van der Waals surface area contributed by atoms with Crippen LogP contribution in [-0.4, -0.2) is 27.8 Å². The Kier molecular flexibility index (Phi) is 6.42. The van der Waals surface area contributed by atoms with Gasteiger partial charge in [-0.1, -0.05) is 40.9 Å². The van der Waals surface area contributed by atoms with Crippen molar-refractivity contribution in [3.05, 3.63) is 68.7 Å². The molecule has 140 valence electrons. The molecule has 0 unspecified atom stereocenters. The summed E-state index contributed by atoms with van der Waals surface area (Å²) in [7, 11) is 0. The molecule has 5 nitrogen and oxygen atoms in total. The number of benzene rings is 2. The highest BCUT2D eigenvalue weighted by Gasteiger charge is 2.11. The molecule has 0 spiro atoms. The summed E-state index contributed by atoms with van der Waals surface area (Å²) in [4.78, 5) is 30.0. The second-order valence-corrected chi connectivity index (χ2v) is 7.98. The molecule has 1 N–H and O–H groups in total. The number of fused-ring (bicyclic) bond motifs is 1. The van der Waals surface area contributed by atoms with Crippen LogP contribution < -0.4 is 10.9 Å². The molecule has 3 aromatic rings. The maximum Gasteiger partial charge on any atom is 0.261 e. The van der Waals surface area contributed by atoms with Gasteiger partial charge < -0.3 is 5.32 Å². The van der Waals surface area contributed by atoms with Crippen LogP contribution in [0.3, 0.4) is 0 Å². The molecule has 0 fully saturated rings. The lowest BCUT2D eigenvalue weighted by Gasteiger charge is -2.09. The van der Waals surface area contributed by atoms with Crippen LogP contribution in [0.1, 0.15) is 5.56 Å². The normalized spacial score (nSPS) is 10.9. The SMILES string of the molecule is Cc1ccc(SCCNC(=O)Cn2cnc3c(Cl)cc(Cl)cc3c2=O)cc1. The largest absolute Gasteiger partial charge is 0.354 e. The molecule has 27 heavy (non-hydrogen) atoms. The molecule has 0 saturated carbocycles. The number of hydrogen-bond donors (Lipinski definition) is 1. The van der Waals surface area contributed by atoms with E-state index in [2.05, 4.69) is 34.6 Å². The number of nitrogens with zero attached hydrogens (tertiary/aromatic N) is 2. The van der Waals surface area contributed by atoms with Crippen LogP contribution in [-0.2, 0) is 11.3 Å². The van der Waals surface area contributed by atoms with E-state index in [1.54, 1.807) is 11.8 Å². The first-order valence-corrected chi connectivity index (χ1v) is 9.98. The lowest BCUT2D eigenvalue weighted by Crippen LogP contribution is -2.33. The molecule has 0 radical (unpaired) electrons. The first kappa shape index (κ1) is 19.7. The van der Waals surface area contributed by atoms with Gasteiger partial charge >= 0.3 is 0 Å². The monoisotopic (exact) mass is 421 g/mol. The molecule has 0 saturated heterocycles. The Morgan fingerprint density at radius 1 is 1.22 bits per heavy atom. The Morgan fingerprint density at radius 3 is 2.70 bits per heavy atom. The van der Waals surface area contributed by atoms with Gasteiger partial charge in [0.1, 0.15) is 6.54 Å². The zero-order valence-electron chi connectivity index (χ0n) is 14.5. The Hall–Kier alpha value is -2.02. The van der Waals surface area contributed by atoms with Crippen molar-refractivity contribution in [3.63, 3.8) is 0 Å². The topological polar surface area (TPSA) is 64.0 Å². The number of carbonyl (C=O) groups is 1. The van der Waals surface area contributed by atoms with Crippen molar-refractivity contribution in [2.45, 2.75) is 18.4 Å². The van der Waals surface area contributed by atoms with E-state index < -0.39 is 0 Å². The number of nitrogens with one attached hydrogen (secondary N) is 1. The highest BCUT2D eigenvalue weighted by Crippen LogP contribution is 2.23. The van der Waals surface area contributed by atoms with E-state index in [1.165, 1.54) is 28.6 Å². The summed E-state index contributed by atoms with van der Waals surface area (Å²) in [5.74, 6) is 0.487. The number of aromatic nitrogens is 2. The average Bonchev–Trinajstić information content (AvgIpc) is 2.63. The first-order chi connectivity index (χ1) is 12.9. The molecule has 0 aliphatic carbocycles. The van der Waals surface area contributed by atoms with Crippen molar-refractivity contribution in [3.8, 4) is 0 Å². The lowest BCUT2D eigenvalue weighted by atomic mass is 10.2. The summed E-state index contributed by atoms with van der Waals surface area (Å²) >= 11 is 13.7. The second kappa shape index (κ2) is 8.78. The quantitative estimate of drug-likeness (QED) is 0.483. The van der Waals surface area contributed by atoms with Gasteiger partial charge in [0.05, 0.1) is 22.3 Å². The van der Waals surface area contributed by atoms with E-state index in [-0.39, 0.29) is 23.4 Å². The number of aryl methyl sites for hydroxylation is 1. The molecule has 1 amide bonds. The Labute approximate surface area is 170 Å². The molecular weight excluding hydrogens is 405 g/mol. The van der Waals surface area contributed by atoms with Crippen LogP contribution in [0.5, 0.6) is 0 Å². The van der Waals surface area contributed by atoms with E-state index in [9.17, 15) is 9.59 Å². The number of halogens is 2. The van der Waals surface area contributed by atoms with Crippen LogP contribution in [0, 0.1) is 6.92 Å². The number of carbonyl (C=O) groups excluding carboxylic acids is 1. The van der Waals surface area contributed by atoms with Gasteiger partial charge in [-0.05, 0) is 31.2 Å². The van der Waals surface area contributed by atoms with Crippen LogP contribution in [0.25, 0.3) is 10.9 Å². The molecule has 2 aromatic carbocycles. The van der Waals surface area contributed by atoms with Crippen molar-refractivity contribution in [1.82, 2.24) is 14.9 Å². The lowest BCUT2D eigenvalue weighted by molar-refractivity contribution is -0.121. The van der Waals surface area contributed by atoms with Crippen molar-refractivity contribution < 1.29 is 4.79 Å². The third kappa shape index (κ3) is 5.03. The van der Waals surface area contributed by atoms with Crippen molar-refractivity contribution in [2.24, 2.45) is 0 Å². The molecule has 1 heterocycles. The van der Waals surface area contributed by atoms with E-state index in [4.69, 9.17) is 23.2 Å². The minimum absolute atomic E-state index is 0.110. The fraction of sp³-hybridized carbons (Fsp3) is 0.211. The summed E-state index contributed by atoms with van der Waals surface area (Å²) < 4.78 is 1.25. The third-order valence-corrected chi connectivity index (χ3v) is 5.39. The minimum atomic E-state index is -0.353. The predicted molar refractivity (Wildman–Crippen MR) is 111 cm³/mol. The van der Waals surface area contributed by atoms with Gasteiger partial charge in [-0.2, -0.15) is 0 Å². The van der Waals surface area contributed by atoms with Crippen LogP contribution in [0.15, 0.2) is 52.4 Å². The molecule has 0 bridgehead atoms. The third-order valence-electron chi connectivity index (χ3n) is 3.87.